The summed E-state index contributed by atoms with van der Waals surface area (Å²) in [5.41, 5.74) is 0.471. The first kappa shape index (κ1) is 18.6. The second kappa shape index (κ2) is 8.87. The number of anilines is 1. The Labute approximate surface area is 136 Å². The van der Waals surface area contributed by atoms with Crippen LogP contribution in [0.4, 0.5) is 10.5 Å². The van der Waals surface area contributed by atoms with Crippen LogP contribution in [0.1, 0.15) is 20.3 Å². The highest BCUT2D eigenvalue weighted by atomic mass is 16.5. The molecule has 2 amide bonds. The van der Waals surface area contributed by atoms with Crippen LogP contribution in [-0.2, 0) is 9.53 Å². The lowest BCUT2D eigenvalue weighted by Gasteiger charge is -2.19. The van der Waals surface area contributed by atoms with E-state index in [9.17, 15) is 9.59 Å². The van der Waals surface area contributed by atoms with Crippen LogP contribution in [0.2, 0.25) is 0 Å². The third kappa shape index (κ3) is 5.69. The van der Waals surface area contributed by atoms with Crippen molar-refractivity contribution < 1.29 is 23.8 Å². The number of urea groups is 1. The molecule has 23 heavy (non-hydrogen) atoms. The molecule has 1 atom stereocenters. The van der Waals surface area contributed by atoms with Gasteiger partial charge < -0.3 is 24.8 Å². The Morgan fingerprint density at radius 1 is 1.13 bits per heavy atom. The number of esters is 1. The van der Waals surface area contributed by atoms with Gasteiger partial charge in [0.2, 0.25) is 0 Å². The molecule has 7 heteroatoms. The highest BCUT2D eigenvalue weighted by Gasteiger charge is 2.23. The fourth-order valence-electron chi connectivity index (χ4n) is 2.05. The zero-order valence-corrected chi connectivity index (χ0v) is 14.1. The van der Waals surface area contributed by atoms with Crippen molar-refractivity contribution in [3.05, 3.63) is 18.2 Å². The second-order valence-corrected chi connectivity index (χ2v) is 5.37. The third-order valence-electron chi connectivity index (χ3n) is 3.16. The van der Waals surface area contributed by atoms with Crippen molar-refractivity contribution >= 4 is 17.7 Å². The first-order chi connectivity index (χ1) is 10.9. The van der Waals surface area contributed by atoms with Crippen molar-refractivity contribution in [2.75, 3.05) is 26.6 Å². The van der Waals surface area contributed by atoms with Gasteiger partial charge in [0.15, 0.2) is 0 Å². The van der Waals surface area contributed by atoms with Crippen molar-refractivity contribution in [3.8, 4) is 11.5 Å². The molecule has 0 unspecified atom stereocenters. The zero-order chi connectivity index (χ0) is 17.4. The molecule has 1 rings (SSSR count). The summed E-state index contributed by atoms with van der Waals surface area (Å²) in [5, 5.41) is 5.27. The number of benzene rings is 1. The summed E-state index contributed by atoms with van der Waals surface area (Å²) in [4.78, 5) is 23.9. The van der Waals surface area contributed by atoms with Crippen molar-refractivity contribution in [1.82, 2.24) is 5.32 Å². The van der Waals surface area contributed by atoms with Gasteiger partial charge in [0.05, 0.1) is 27.0 Å². The fraction of sp³-hybridized carbons (Fsp3) is 0.500. The van der Waals surface area contributed by atoms with Gasteiger partial charge in [-0.2, -0.15) is 0 Å². The van der Waals surface area contributed by atoms with E-state index in [-0.39, 0.29) is 5.92 Å². The topological polar surface area (TPSA) is 85.9 Å². The molecule has 0 saturated heterocycles. The normalized spacial score (nSPS) is 11.6. The minimum Gasteiger partial charge on any atom is -0.497 e. The zero-order valence-electron chi connectivity index (χ0n) is 14.1. The van der Waals surface area contributed by atoms with E-state index in [1.807, 2.05) is 13.8 Å². The molecular weight excluding hydrogens is 300 g/mol. The highest BCUT2D eigenvalue weighted by Crippen LogP contribution is 2.28. The maximum atomic E-state index is 12.1. The first-order valence-electron chi connectivity index (χ1n) is 7.28. The van der Waals surface area contributed by atoms with E-state index in [4.69, 9.17) is 14.2 Å². The molecule has 0 fully saturated rings. The van der Waals surface area contributed by atoms with Crippen molar-refractivity contribution in [3.63, 3.8) is 0 Å². The van der Waals surface area contributed by atoms with E-state index in [1.165, 1.54) is 14.2 Å². The van der Waals surface area contributed by atoms with Gasteiger partial charge in [-0.15, -0.1) is 0 Å². The minimum absolute atomic E-state index is 0.231. The Bertz CT molecular complexity index is 545. The van der Waals surface area contributed by atoms with Gasteiger partial charge >= 0.3 is 12.0 Å². The van der Waals surface area contributed by atoms with Crippen molar-refractivity contribution in [1.29, 1.82) is 0 Å². The Hall–Kier alpha value is -2.44. The lowest BCUT2D eigenvalue weighted by molar-refractivity contribution is -0.143. The van der Waals surface area contributed by atoms with E-state index in [1.54, 1.807) is 25.3 Å². The molecule has 0 aliphatic rings. The van der Waals surface area contributed by atoms with Gasteiger partial charge in [-0.25, -0.2) is 9.59 Å². The summed E-state index contributed by atoms with van der Waals surface area (Å²) in [6.45, 7) is 3.92. The molecular formula is C16H24N2O5. The van der Waals surface area contributed by atoms with E-state index in [0.29, 0.717) is 23.6 Å². The van der Waals surface area contributed by atoms with E-state index < -0.39 is 18.0 Å². The molecule has 0 aliphatic carbocycles. The number of ether oxygens (including phenoxy) is 3. The molecule has 0 heterocycles. The maximum Gasteiger partial charge on any atom is 0.328 e. The summed E-state index contributed by atoms with van der Waals surface area (Å²) in [5.74, 6) is 0.823. The molecule has 0 aromatic heterocycles. The predicted octanol–water partition coefficient (Wildman–Crippen LogP) is 2.41. The van der Waals surface area contributed by atoms with Crippen LogP contribution < -0.4 is 20.1 Å². The van der Waals surface area contributed by atoms with E-state index >= 15 is 0 Å². The molecule has 0 aliphatic heterocycles. The Balaban J connectivity index is 2.79. The molecule has 7 nitrogen and oxygen atoms in total. The second-order valence-electron chi connectivity index (χ2n) is 5.37. The standard InChI is InChI=1S/C16H24N2O5/c1-10(2)8-13(15(19)23-5)18-16(20)17-12-7-6-11(21-3)9-14(12)22-4/h6-7,9-10,13H,8H2,1-5H3,(H2,17,18,20)/t13-/m1/s1. The minimum atomic E-state index is -0.704. The number of rotatable bonds is 7. The molecule has 2 N–H and O–H groups in total. The summed E-state index contributed by atoms with van der Waals surface area (Å²) >= 11 is 0. The van der Waals surface area contributed by atoms with Gasteiger partial charge in [-0.05, 0) is 24.5 Å². The fourth-order valence-corrected chi connectivity index (χ4v) is 2.05. The maximum absolute atomic E-state index is 12.1. The van der Waals surface area contributed by atoms with Gasteiger partial charge in [-0.3, -0.25) is 0 Å². The number of carbonyl (C=O) groups excluding carboxylic acids is 2. The van der Waals surface area contributed by atoms with Crippen LogP contribution in [0, 0.1) is 5.92 Å². The highest BCUT2D eigenvalue weighted by molar-refractivity contribution is 5.93. The molecule has 0 bridgehead atoms. The van der Waals surface area contributed by atoms with Crippen LogP contribution in [0.3, 0.4) is 0 Å². The van der Waals surface area contributed by atoms with Gasteiger partial charge in [0.25, 0.3) is 0 Å². The lowest BCUT2D eigenvalue weighted by atomic mass is 10.0. The van der Waals surface area contributed by atoms with Gasteiger partial charge in [0, 0.05) is 6.07 Å². The average molecular weight is 324 g/mol. The number of hydrogen-bond acceptors (Lipinski definition) is 5. The monoisotopic (exact) mass is 324 g/mol. The van der Waals surface area contributed by atoms with Crippen LogP contribution in [0.15, 0.2) is 18.2 Å². The van der Waals surface area contributed by atoms with Crippen LogP contribution in [0.5, 0.6) is 11.5 Å². The largest absolute Gasteiger partial charge is 0.497 e. The molecule has 0 radical (unpaired) electrons. The SMILES string of the molecule is COC(=O)[C@@H](CC(C)C)NC(=O)Nc1ccc(OC)cc1OC. The van der Waals surface area contributed by atoms with Crippen LogP contribution >= 0.6 is 0 Å². The number of hydrogen-bond donors (Lipinski definition) is 2. The summed E-state index contributed by atoms with van der Waals surface area (Å²) in [6.07, 6.45) is 0.486. The number of methoxy groups -OCH3 is 3. The molecule has 0 saturated carbocycles. The number of carbonyl (C=O) groups is 2. The van der Waals surface area contributed by atoms with Gasteiger partial charge in [-0.1, -0.05) is 13.8 Å². The predicted molar refractivity (Wildman–Crippen MR) is 87.0 cm³/mol. The first-order valence-corrected chi connectivity index (χ1v) is 7.28. The number of nitrogens with one attached hydrogen (secondary N) is 2. The lowest BCUT2D eigenvalue weighted by Crippen LogP contribution is -2.44. The summed E-state index contributed by atoms with van der Waals surface area (Å²) in [7, 11) is 4.33. The third-order valence-corrected chi connectivity index (χ3v) is 3.16. The molecule has 1 aromatic carbocycles. The molecule has 1 aromatic rings. The Kier molecular flexibility index (Phi) is 7.18. The summed E-state index contributed by atoms with van der Waals surface area (Å²) < 4.78 is 15.0. The van der Waals surface area contributed by atoms with E-state index in [2.05, 4.69) is 10.6 Å². The van der Waals surface area contributed by atoms with Gasteiger partial charge in [0.1, 0.15) is 17.5 Å². The van der Waals surface area contributed by atoms with Crippen molar-refractivity contribution in [2.24, 2.45) is 5.92 Å². The quantitative estimate of drug-likeness (QED) is 0.752. The van der Waals surface area contributed by atoms with Crippen LogP contribution in [-0.4, -0.2) is 39.4 Å². The summed E-state index contributed by atoms with van der Waals surface area (Å²) in [6, 6.07) is 3.80. The van der Waals surface area contributed by atoms with Crippen LogP contribution in [0.25, 0.3) is 0 Å². The van der Waals surface area contributed by atoms with Crippen molar-refractivity contribution in [2.45, 2.75) is 26.3 Å². The Morgan fingerprint density at radius 2 is 1.83 bits per heavy atom. The van der Waals surface area contributed by atoms with E-state index in [0.717, 1.165) is 0 Å². The Morgan fingerprint density at radius 3 is 2.35 bits per heavy atom. The number of amides is 2. The molecule has 0 spiro atoms. The molecule has 128 valence electrons. The smallest absolute Gasteiger partial charge is 0.328 e. The average Bonchev–Trinajstić information content (AvgIpc) is 2.53.